The number of hydrogen-bond donors (Lipinski definition) is 1. The lowest BCUT2D eigenvalue weighted by Gasteiger charge is -2.09. The summed E-state index contributed by atoms with van der Waals surface area (Å²) in [6.45, 7) is 4.37. The first-order chi connectivity index (χ1) is 8.60. The van der Waals surface area contributed by atoms with Gasteiger partial charge < -0.3 is 10.5 Å². The molecule has 2 N–H and O–H groups in total. The van der Waals surface area contributed by atoms with Gasteiger partial charge in [-0.3, -0.25) is 0 Å². The van der Waals surface area contributed by atoms with Gasteiger partial charge in [0.25, 0.3) is 0 Å². The number of aryl methyl sites for hydroxylation is 2. The highest BCUT2D eigenvalue weighted by Gasteiger charge is 2.06. The predicted octanol–water partition coefficient (Wildman–Crippen LogP) is 3.60. The van der Waals surface area contributed by atoms with Crippen LogP contribution in [0.1, 0.15) is 16.8 Å². The second-order valence-electron chi connectivity index (χ2n) is 4.13. The summed E-state index contributed by atoms with van der Waals surface area (Å²) in [6.07, 6.45) is 0. The molecule has 18 heavy (non-hydrogen) atoms. The highest BCUT2D eigenvalue weighted by Crippen LogP contribution is 2.29. The summed E-state index contributed by atoms with van der Waals surface area (Å²) in [6, 6.07) is 9.35. The molecule has 1 aromatic carbocycles. The highest BCUT2D eigenvalue weighted by atomic mass is 35.5. The largest absolute Gasteiger partial charge is 0.437 e. The van der Waals surface area contributed by atoms with E-state index < -0.39 is 0 Å². The number of hydrogen-bond acceptors (Lipinski definition) is 3. The number of halogens is 1. The molecular formula is C14H15ClN2O. The molecule has 2 rings (SSSR count). The van der Waals surface area contributed by atoms with Crippen LogP contribution < -0.4 is 10.5 Å². The van der Waals surface area contributed by atoms with Crippen molar-refractivity contribution in [3.05, 3.63) is 52.2 Å². The maximum atomic E-state index is 6.07. The van der Waals surface area contributed by atoms with Crippen molar-refractivity contribution in [1.82, 2.24) is 4.98 Å². The van der Waals surface area contributed by atoms with E-state index >= 15 is 0 Å². The molecule has 0 bridgehead atoms. The van der Waals surface area contributed by atoms with Gasteiger partial charge in [0.15, 0.2) is 0 Å². The van der Waals surface area contributed by atoms with Crippen LogP contribution in [0.15, 0.2) is 30.3 Å². The van der Waals surface area contributed by atoms with Gasteiger partial charge in [-0.15, -0.1) is 0 Å². The van der Waals surface area contributed by atoms with Crippen molar-refractivity contribution in [2.45, 2.75) is 20.4 Å². The fraction of sp³-hybridized carbons (Fsp3) is 0.214. The van der Waals surface area contributed by atoms with E-state index in [1.165, 1.54) is 0 Å². The van der Waals surface area contributed by atoms with Gasteiger partial charge in [0.05, 0.1) is 5.02 Å². The van der Waals surface area contributed by atoms with Crippen LogP contribution in [0.3, 0.4) is 0 Å². The molecule has 0 unspecified atom stereocenters. The first kappa shape index (κ1) is 12.9. The van der Waals surface area contributed by atoms with Gasteiger partial charge >= 0.3 is 0 Å². The standard InChI is InChI=1S/C14H15ClN2O/c1-9-3-5-12(15)13(7-9)18-14-6-4-11(8-16)10(2)17-14/h3-7H,8,16H2,1-2H3. The van der Waals surface area contributed by atoms with E-state index in [9.17, 15) is 0 Å². The summed E-state index contributed by atoms with van der Waals surface area (Å²) in [5, 5.41) is 0.572. The number of ether oxygens (including phenoxy) is 1. The molecule has 0 aliphatic heterocycles. The third-order valence-electron chi connectivity index (χ3n) is 2.69. The topological polar surface area (TPSA) is 48.1 Å². The zero-order valence-electron chi connectivity index (χ0n) is 10.4. The van der Waals surface area contributed by atoms with Crippen molar-refractivity contribution in [1.29, 1.82) is 0 Å². The maximum absolute atomic E-state index is 6.07. The quantitative estimate of drug-likeness (QED) is 0.919. The van der Waals surface area contributed by atoms with Crippen LogP contribution in [0.2, 0.25) is 5.02 Å². The first-order valence-corrected chi connectivity index (χ1v) is 6.08. The minimum absolute atomic E-state index is 0.477. The molecular weight excluding hydrogens is 248 g/mol. The SMILES string of the molecule is Cc1ccc(Cl)c(Oc2ccc(CN)c(C)n2)c1. The highest BCUT2D eigenvalue weighted by molar-refractivity contribution is 6.32. The molecule has 0 atom stereocenters. The monoisotopic (exact) mass is 262 g/mol. The van der Waals surface area contributed by atoms with Gasteiger partial charge in [0, 0.05) is 18.3 Å². The van der Waals surface area contributed by atoms with Crippen molar-refractivity contribution >= 4 is 11.6 Å². The van der Waals surface area contributed by atoms with E-state index in [4.69, 9.17) is 22.1 Å². The fourth-order valence-corrected chi connectivity index (χ4v) is 1.80. The smallest absolute Gasteiger partial charge is 0.219 e. The lowest BCUT2D eigenvalue weighted by molar-refractivity contribution is 0.461. The molecule has 0 saturated carbocycles. The summed E-state index contributed by atoms with van der Waals surface area (Å²) in [4.78, 5) is 4.35. The van der Waals surface area contributed by atoms with Gasteiger partial charge in [-0.1, -0.05) is 23.7 Å². The molecule has 0 radical (unpaired) electrons. The molecule has 0 spiro atoms. The molecule has 4 heteroatoms. The molecule has 0 aliphatic carbocycles. The Morgan fingerprint density at radius 2 is 2.00 bits per heavy atom. The van der Waals surface area contributed by atoms with E-state index in [0.717, 1.165) is 16.8 Å². The molecule has 94 valence electrons. The van der Waals surface area contributed by atoms with Crippen LogP contribution in [0.5, 0.6) is 11.6 Å². The first-order valence-electron chi connectivity index (χ1n) is 5.70. The van der Waals surface area contributed by atoms with Crippen molar-refractivity contribution in [2.75, 3.05) is 0 Å². The fourth-order valence-electron chi connectivity index (χ4n) is 1.64. The van der Waals surface area contributed by atoms with Gasteiger partial charge in [-0.2, -0.15) is 0 Å². The van der Waals surface area contributed by atoms with Crippen molar-refractivity contribution in [3.63, 3.8) is 0 Å². The number of benzene rings is 1. The summed E-state index contributed by atoms with van der Waals surface area (Å²) in [7, 11) is 0. The van der Waals surface area contributed by atoms with Crippen LogP contribution in [0.25, 0.3) is 0 Å². The molecule has 1 heterocycles. The minimum Gasteiger partial charge on any atom is -0.437 e. The van der Waals surface area contributed by atoms with Crippen LogP contribution in [0, 0.1) is 13.8 Å². The second kappa shape index (κ2) is 5.38. The van der Waals surface area contributed by atoms with Crippen molar-refractivity contribution < 1.29 is 4.74 Å². The summed E-state index contributed by atoms with van der Waals surface area (Å²) in [5.41, 5.74) is 8.57. The Labute approximate surface area is 112 Å². The second-order valence-corrected chi connectivity index (χ2v) is 4.54. The number of pyridine rings is 1. The van der Waals surface area contributed by atoms with Crippen molar-refractivity contribution in [3.8, 4) is 11.6 Å². The van der Waals surface area contributed by atoms with Gasteiger partial charge in [-0.05, 0) is 37.1 Å². The summed E-state index contributed by atoms with van der Waals surface area (Å²) < 4.78 is 5.69. The Balaban J connectivity index is 2.28. The Bertz CT molecular complexity index is 570. The molecule has 0 aliphatic rings. The van der Waals surface area contributed by atoms with E-state index in [-0.39, 0.29) is 0 Å². The third-order valence-corrected chi connectivity index (χ3v) is 3.00. The minimum atomic E-state index is 0.477. The third kappa shape index (κ3) is 2.81. The maximum Gasteiger partial charge on any atom is 0.219 e. The zero-order chi connectivity index (χ0) is 13.1. The molecule has 0 fully saturated rings. The van der Waals surface area contributed by atoms with E-state index in [1.807, 2.05) is 38.1 Å². The Hall–Kier alpha value is -1.58. The average Bonchev–Trinajstić information content (AvgIpc) is 2.34. The van der Waals surface area contributed by atoms with Gasteiger partial charge in [0.1, 0.15) is 5.75 Å². The summed E-state index contributed by atoms with van der Waals surface area (Å²) >= 11 is 6.07. The zero-order valence-corrected chi connectivity index (χ0v) is 11.2. The van der Waals surface area contributed by atoms with Gasteiger partial charge in [-0.25, -0.2) is 4.98 Å². The molecule has 3 nitrogen and oxygen atoms in total. The summed E-state index contributed by atoms with van der Waals surface area (Å²) in [5.74, 6) is 1.14. The molecule has 1 aromatic heterocycles. The van der Waals surface area contributed by atoms with E-state index in [2.05, 4.69) is 4.98 Å². The van der Waals surface area contributed by atoms with Crippen LogP contribution in [0.4, 0.5) is 0 Å². The van der Waals surface area contributed by atoms with E-state index in [1.54, 1.807) is 6.07 Å². The van der Waals surface area contributed by atoms with Crippen LogP contribution in [-0.4, -0.2) is 4.98 Å². The van der Waals surface area contributed by atoms with Crippen LogP contribution >= 0.6 is 11.6 Å². The number of rotatable bonds is 3. The molecule has 0 saturated heterocycles. The van der Waals surface area contributed by atoms with Gasteiger partial charge in [0.2, 0.25) is 5.88 Å². The average molecular weight is 263 g/mol. The Kier molecular flexibility index (Phi) is 3.84. The lowest BCUT2D eigenvalue weighted by atomic mass is 10.2. The number of nitrogens with zero attached hydrogens (tertiary/aromatic N) is 1. The van der Waals surface area contributed by atoms with Crippen molar-refractivity contribution in [2.24, 2.45) is 5.73 Å². The van der Waals surface area contributed by atoms with E-state index in [0.29, 0.717) is 23.2 Å². The normalized spacial score (nSPS) is 10.4. The predicted molar refractivity (Wildman–Crippen MR) is 73.1 cm³/mol. The molecule has 2 aromatic rings. The number of nitrogens with two attached hydrogens (primary N) is 1. The molecule has 0 amide bonds. The Morgan fingerprint density at radius 3 is 2.67 bits per heavy atom. The Morgan fingerprint density at radius 1 is 1.22 bits per heavy atom. The number of aromatic nitrogens is 1. The lowest BCUT2D eigenvalue weighted by Crippen LogP contribution is -2.01. The van der Waals surface area contributed by atoms with Crippen LogP contribution in [-0.2, 0) is 6.54 Å².